The molecule has 1 aliphatic heterocycles. The minimum atomic E-state index is 0.538. The second-order valence-corrected chi connectivity index (χ2v) is 5.83. The van der Waals surface area contributed by atoms with Crippen molar-refractivity contribution in [3.05, 3.63) is 42.0 Å². The predicted molar refractivity (Wildman–Crippen MR) is 84.5 cm³/mol. The van der Waals surface area contributed by atoms with E-state index in [0.29, 0.717) is 18.0 Å². The maximum absolute atomic E-state index is 5.67. The van der Waals surface area contributed by atoms with Crippen LogP contribution in [-0.2, 0) is 0 Å². The molecule has 3 unspecified atom stereocenters. The van der Waals surface area contributed by atoms with Crippen molar-refractivity contribution >= 4 is 10.8 Å². The van der Waals surface area contributed by atoms with Gasteiger partial charge in [-0.15, -0.1) is 0 Å². The van der Waals surface area contributed by atoms with Gasteiger partial charge in [0, 0.05) is 23.6 Å². The van der Waals surface area contributed by atoms with Crippen LogP contribution in [0, 0.1) is 0 Å². The summed E-state index contributed by atoms with van der Waals surface area (Å²) >= 11 is 0. The Bertz CT molecular complexity index is 607. The number of methoxy groups -OCH3 is 1. The van der Waals surface area contributed by atoms with E-state index in [2.05, 4.69) is 55.6 Å². The van der Waals surface area contributed by atoms with Crippen LogP contribution in [0.25, 0.3) is 10.8 Å². The van der Waals surface area contributed by atoms with Gasteiger partial charge in [0.1, 0.15) is 5.75 Å². The summed E-state index contributed by atoms with van der Waals surface area (Å²) in [5, 5.41) is 6.36. The van der Waals surface area contributed by atoms with Crippen molar-refractivity contribution in [2.24, 2.45) is 0 Å². The Morgan fingerprint density at radius 1 is 1.20 bits per heavy atom. The standard InChI is InChI=1S/C18H23NO/c1-4-16-15(11-12(2)19-16)18-14-8-6-5-7-13(14)9-10-17(18)20-3/h5-10,12,15-16,19H,4,11H2,1-3H3. The average molecular weight is 269 g/mol. The summed E-state index contributed by atoms with van der Waals surface area (Å²) in [6, 6.07) is 14.0. The van der Waals surface area contributed by atoms with Gasteiger partial charge in [-0.3, -0.25) is 0 Å². The molecule has 2 aromatic rings. The first-order chi connectivity index (χ1) is 9.74. The number of fused-ring (bicyclic) bond motifs is 1. The SMILES string of the molecule is CCC1NC(C)CC1c1c(OC)ccc2ccccc12. The van der Waals surface area contributed by atoms with E-state index in [1.165, 1.54) is 22.8 Å². The minimum Gasteiger partial charge on any atom is -0.496 e. The van der Waals surface area contributed by atoms with Crippen molar-refractivity contribution in [2.45, 2.75) is 44.7 Å². The van der Waals surface area contributed by atoms with Crippen LogP contribution in [0.3, 0.4) is 0 Å². The van der Waals surface area contributed by atoms with Crippen molar-refractivity contribution in [3.63, 3.8) is 0 Å². The Kier molecular flexibility index (Phi) is 3.66. The number of hydrogen-bond donors (Lipinski definition) is 1. The Morgan fingerprint density at radius 2 is 2.00 bits per heavy atom. The Hall–Kier alpha value is -1.54. The molecule has 3 rings (SSSR count). The first-order valence-corrected chi connectivity index (χ1v) is 7.56. The predicted octanol–water partition coefficient (Wildman–Crippen LogP) is 4.09. The van der Waals surface area contributed by atoms with Gasteiger partial charge in [0.2, 0.25) is 0 Å². The molecule has 0 spiro atoms. The highest BCUT2D eigenvalue weighted by molar-refractivity contribution is 5.88. The lowest BCUT2D eigenvalue weighted by molar-refractivity contribution is 0.402. The van der Waals surface area contributed by atoms with Crippen LogP contribution in [-0.4, -0.2) is 19.2 Å². The van der Waals surface area contributed by atoms with Crippen LogP contribution in [0.1, 0.15) is 38.2 Å². The van der Waals surface area contributed by atoms with E-state index in [0.717, 1.165) is 12.2 Å². The van der Waals surface area contributed by atoms with Crippen molar-refractivity contribution in [1.29, 1.82) is 0 Å². The van der Waals surface area contributed by atoms with E-state index in [9.17, 15) is 0 Å². The van der Waals surface area contributed by atoms with Gasteiger partial charge in [-0.2, -0.15) is 0 Å². The van der Waals surface area contributed by atoms with Crippen LogP contribution in [0.5, 0.6) is 5.75 Å². The molecule has 1 aliphatic rings. The molecular formula is C18H23NO. The molecular weight excluding hydrogens is 246 g/mol. The fraction of sp³-hybridized carbons (Fsp3) is 0.444. The lowest BCUT2D eigenvalue weighted by atomic mass is 9.85. The Balaban J connectivity index is 2.18. The molecule has 2 aromatic carbocycles. The fourth-order valence-corrected chi connectivity index (χ4v) is 3.65. The number of benzene rings is 2. The largest absolute Gasteiger partial charge is 0.496 e. The zero-order chi connectivity index (χ0) is 14.1. The van der Waals surface area contributed by atoms with Crippen LogP contribution in [0.2, 0.25) is 0 Å². The van der Waals surface area contributed by atoms with Gasteiger partial charge in [0.15, 0.2) is 0 Å². The normalized spacial score (nSPS) is 26.1. The van der Waals surface area contributed by atoms with E-state index < -0.39 is 0 Å². The zero-order valence-corrected chi connectivity index (χ0v) is 12.5. The van der Waals surface area contributed by atoms with Crippen LogP contribution in [0.15, 0.2) is 36.4 Å². The summed E-state index contributed by atoms with van der Waals surface area (Å²) in [5.41, 5.74) is 1.38. The third kappa shape index (κ3) is 2.18. The molecule has 3 atom stereocenters. The molecule has 106 valence electrons. The van der Waals surface area contributed by atoms with Gasteiger partial charge in [-0.25, -0.2) is 0 Å². The molecule has 20 heavy (non-hydrogen) atoms. The molecule has 0 bridgehead atoms. The Labute approximate surface area is 121 Å². The Morgan fingerprint density at radius 3 is 2.75 bits per heavy atom. The van der Waals surface area contributed by atoms with E-state index in [1.54, 1.807) is 7.11 Å². The number of ether oxygens (including phenoxy) is 1. The number of rotatable bonds is 3. The number of hydrogen-bond acceptors (Lipinski definition) is 2. The van der Waals surface area contributed by atoms with Crippen molar-refractivity contribution in [2.75, 3.05) is 7.11 Å². The smallest absolute Gasteiger partial charge is 0.123 e. The summed E-state index contributed by atoms with van der Waals surface area (Å²) in [6.07, 6.45) is 2.34. The lowest BCUT2D eigenvalue weighted by Crippen LogP contribution is -2.28. The van der Waals surface area contributed by atoms with Gasteiger partial charge in [0.25, 0.3) is 0 Å². The molecule has 1 heterocycles. The molecule has 1 fully saturated rings. The third-order valence-corrected chi connectivity index (χ3v) is 4.55. The van der Waals surface area contributed by atoms with Gasteiger partial charge in [0.05, 0.1) is 7.11 Å². The van der Waals surface area contributed by atoms with Crippen molar-refractivity contribution in [1.82, 2.24) is 5.32 Å². The molecule has 2 nitrogen and oxygen atoms in total. The summed E-state index contributed by atoms with van der Waals surface area (Å²) in [6.45, 7) is 4.54. The minimum absolute atomic E-state index is 0.538. The molecule has 0 amide bonds. The van der Waals surface area contributed by atoms with Gasteiger partial charge in [-0.05, 0) is 36.6 Å². The molecule has 0 aromatic heterocycles. The summed E-state index contributed by atoms with van der Waals surface area (Å²) < 4.78 is 5.67. The monoisotopic (exact) mass is 269 g/mol. The molecule has 1 N–H and O–H groups in total. The van der Waals surface area contributed by atoms with E-state index >= 15 is 0 Å². The van der Waals surface area contributed by atoms with E-state index in [1.807, 2.05) is 0 Å². The van der Waals surface area contributed by atoms with E-state index in [4.69, 9.17) is 4.74 Å². The highest BCUT2D eigenvalue weighted by Crippen LogP contribution is 2.41. The van der Waals surface area contributed by atoms with Gasteiger partial charge < -0.3 is 10.1 Å². The van der Waals surface area contributed by atoms with Crippen molar-refractivity contribution in [3.8, 4) is 5.75 Å². The molecule has 2 heteroatoms. The van der Waals surface area contributed by atoms with Crippen LogP contribution in [0.4, 0.5) is 0 Å². The second kappa shape index (κ2) is 5.45. The third-order valence-electron chi connectivity index (χ3n) is 4.55. The first-order valence-electron chi connectivity index (χ1n) is 7.56. The zero-order valence-electron chi connectivity index (χ0n) is 12.5. The fourth-order valence-electron chi connectivity index (χ4n) is 3.65. The quantitative estimate of drug-likeness (QED) is 0.906. The maximum Gasteiger partial charge on any atom is 0.123 e. The van der Waals surface area contributed by atoms with Crippen LogP contribution >= 0.6 is 0 Å². The number of nitrogens with one attached hydrogen (secondary N) is 1. The maximum atomic E-state index is 5.67. The second-order valence-electron chi connectivity index (χ2n) is 5.83. The molecule has 1 saturated heterocycles. The van der Waals surface area contributed by atoms with Gasteiger partial charge >= 0.3 is 0 Å². The average Bonchev–Trinajstić information content (AvgIpc) is 2.86. The summed E-state index contributed by atoms with van der Waals surface area (Å²) in [7, 11) is 1.78. The first kappa shape index (κ1) is 13.4. The van der Waals surface area contributed by atoms with E-state index in [-0.39, 0.29) is 0 Å². The summed E-state index contributed by atoms with van der Waals surface area (Å²) in [4.78, 5) is 0. The highest BCUT2D eigenvalue weighted by atomic mass is 16.5. The topological polar surface area (TPSA) is 21.3 Å². The van der Waals surface area contributed by atoms with Crippen LogP contribution < -0.4 is 10.1 Å². The summed E-state index contributed by atoms with van der Waals surface area (Å²) in [5.74, 6) is 1.57. The lowest BCUT2D eigenvalue weighted by Gasteiger charge is -2.22. The molecule has 0 radical (unpaired) electrons. The molecule has 0 aliphatic carbocycles. The van der Waals surface area contributed by atoms with Gasteiger partial charge in [-0.1, -0.05) is 37.3 Å². The molecule has 0 saturated carbocycles. The van der Waals surface area contributed by atoms with Crippen molar-refractivity contribution < 1.29 is 4.74 Å². The highest BCUT2D eigenvalue weighted by Gasteiger charge is 2.33.